The lowest BCUT2D eigenvalue weighted by Crippen LogP contribution is -2.34. The molecule has 1 N–H and O–H groups in total. The quantitative estimate of drug-likeness (QED) is 0.803. The van der Waals surface area contributed by atoms with Crippen LogP contribution in [0.5, 0.6) is 0 Å². The lowest BCUT2D eigenvalue weighted by Gasteiger charge is -2.22. The molecule has 4 nitrogen and oxygen atoms in total. The second-order valence-electron chi connectivity index (χ2n) is 7.55. The molecular weight excluding hydrogens is 341 g/mol. The number of hydrogen-bond acceptors (Lipinski definition) is 3. The molecule has 0 unspecified atom stereocenters. The number of benzene rings is 2. The maximum atomic E-state index is 13.1. The monoisotopic (exact) mass is 367 g/mol. The highest BCUT2D eigenvalue weighted by atomic mass is 19.1. The van der Waals surface area contributed by atoms with Crippen LogP contribution in [-0.4, -0.2) is 36.5 Å². The number of amides is 1. The van der Waals surface area contributed by atoms with Gasteiger partial charge in [0.2, 0.25) is 5.91 Å². The Balaban J connectivity index is 1.33. The molecule has 1 heterocycles. The summed E-state index contributed by atoms with van der Waals surface area (Å²) in [5.74, 6) is -0.232. The average Bonchev–Trinajstić information content (AvgIpc) is 3.38. The van der Waals surface area contributed by atoms with Gasteiger partial charge in [-0.25, -0.2) is 4.39 Å². The molecule has 0 radical (unpaired) electrons. The largest absolute Gasteiger partial charge is 0.372 e. The fourth-order valence-electron chi connectivity index (χ4n) is 3.69. The van der Waals surface area contributed by atoms with Gasteiger partial charge in [-0.1, -0.05) is 12.1 Å². The minimum absolute atomic E-state index is 0.00191. The number of hydrogen-bond donors (Lipinski definition) is 1. The molecule has 1 aliphatic carbocycles. The number of halogens is 1. The summed E-state index contributed by atoms with van der Waals surface area (Å²) >= 11 is 0. The number of nitrogens with one attached hydrogen (secondary N) is 1. The Morgan fingerprint density at radius 2 is 1.70 bits per heavy atom. The van der Waals surface area contributed by atoms with Gasteiger partial charge in [0, 0.05) is 37.1 Å². The third kappa shape index (κ3) is 4.86. The summed E-state index contributed by atoms with van der Waals surface area (Å²) in [7, 11) is 0. The Bertz CT molecular complexity index is 765. The Morgan fingerprint density at radius 3 is 2.33 bits per heavy atom. The van der Waals surface area contributed by atoms with Crippen LogP contribution < -0.4 is 10.2 Å². The molecule has 5 heteroatoms. The van der Waals surface area contributed by atoms with Crippen LogP contribution in [0, 0.1) is 5.82 Å². The van der Waals surface area contributed by atoms with Crippen molar-refractivity contribution in [2.75, 3.05) is 29.9 Å². The molecule has 2 fully saturated rings. The van der Waals surface area contributed by atoms with Crippen LogP contribution in [0.4, 0.5) is 15.8 Å². The molecule has 0 atom stereocenters. The number of carbonyl (C=O) groups excluding carboxylic acids is 1. The third-order valence-corrected chi connectivity index (χ3v) is 5.33. The summed E-state index contributed by atoms with van der Waals surface area (Å²) in [4.78, 5) is 17.1. The van der Waals surface area contributed by atoms with Crippen molar-refractivity contribution in [3.8, 4) is 0 Å². The number of carbonyl (C=O) groups is 1. The summed E-state index contributed by atoms with van der Waals surface area (Å²) in [6.45, 7) is 3.26. The Morgan fingerprint density at radius 1 is 1.04 bits per heavy atom. The molecule has 2 aromatic carbocycles. The molecule has 1 saturated heterocycles. The summed E-state index contributed by atoms with van der Waals surface area (Å²) in [5, 5.41) is 3.01. The minimum Gasteiger partial charge on any atom is -0.372 e. The van der Waals surface area contributed by atoms with Gasteiger partial charge >= 0.3 is 0 Å². The molecule has 0 spiro atoms. The van der Waals surface area contributed by atoms with E-state index < -0.39 is 0 Å². The zero-order valence-corrected chi connectivity index (χ0v) is 15.5. The fourth-order valence-corrected chi connectivity index (χ4v) is 3.69. The molecule has 0 bridgehead atoms. The van der Waals surface area contributed by atoms with Gasteiger partial charge in [-0.2, -0.15) is 0 Å². The first-order valence-electron chi connectivity index (χ1n) is 9.81. The Hall–Kier alpha value is -2.40. The van der Waals surface area contributed by atoms with E-state index in [2.05, 4.69) is 27.2 Å². The zero-order chi connectivity index (χ0) is 18.6. The molecule has 142 valence electrons. The smallest absolute Gasteiger partial charge is 0.238 e. The molecule has 2 aromatic rings. The van der Waals surface area contributed by atoms with Crippen molar-refractivity contribution < 1.29 is 9.18 Å². The number of anilines is 2. The van der Waals surface area contributed by atoms with Crippen molar-refractivity contribution in [3.05, 3.63) is 59.9 Å². The highest BCUT2D eigenvalue weighted by Crippen LogP contribution is 2.28. The zero-order valence-electron chi connectivity index (χ0n) is 15.5. The van der Waals surface area contributed by atoms with E-state index in [1.54, 1.807) is 12.1 Å². The maximum absolute atomic E-state index is 13.1. The maximum Gasteiger partial charge on any atom is 0.238 e. The average molecular weight is 367 g/mol. The van der Waals surface area contributed by atoms with Crippen LogP contribution in [0.2, 0.25) is 0 Å². The lowest BCUT2D eigenvalue weighted by molar-refractivity contribution is -0.117. The van der Waals surface area contributed by atoms with Gasteiger partial charge in [0.05, 0.1) is 6.54 Å². The number of rotatable bonds is 7. The second-order valence-corrected chi connectivity index (χ2v) is 7.55. The van der Waals surface area contributed by atoms with Crippen LogP contribution >= 0.6 is 0 Å². The van der Waals surface area contributed by atoms with Gasteiger partial charge in [-0.15, -0.1) is 0 Å². The van der Waals surface area contributed by atoms with Crippen LogP contribution in [0.15, 0.2) is 48.5 Å². The van der Waals surface area contributed by atoms with E-state index in [9.17, 15) is 9.18 Å². The SMILES string of the molecule is O=C(CN(Cc1ccc(F)cc1)C1CC1)Nc1ccc(N2CCCC2)cc1. The predicted molar refractivity (Wildman–Crippen MR) is 106 cm³/mol. The van der Waals surface area contributed by atoms with Gasteiger partial charge in [0.25, 0.3) is 0 Å². The highest BCUT2D eigenvalue weighted by molar-refractivity contribution is 5.92. The van der Waals surface area contributed by atoms with Gasteiger partial charge in [0.15, 0.2) is 0 Å². The molecule has 1 aliphatic heterocycles. The van der Waals surface area contributed by atoms with E-state index >= 15 is 0 Å². The first-order chi connectivity index (χ1) is 13.2. The van der Waals surface area contributed by atoms with E-state index in [-0.39, 0.29) is 11.7 Å². The molecule has 2 aliphatic rings. The van der Waals surface area contributed by atoms with Crippen molar-refractivity contribution in [1.29, 1.82) is 0 Å². The first kappa shape index (κ1) is 18.0. The topological polar surface area (TPSA) is 35.6 Å². The van der Waals surface area contributed by atoms with Crippen molar-refractivity contribution in [2.45, 2.75) is 38.3 Å². The summed E-state index contributed by atoms with van der Waals surface area (Å²) in [5.41, 5.74) is 3.09. The second kappa shape index (κ2) is 8.09. The molecule has 1 amide bonds. The predicted octanol–water partition coefficient (Wildman–Crippen LogP) is 4.03. The first-order valence-corrected chi connectivity index (χ1v) is 9.81. The molecular formula is C22H26FN3O. The fraction of sp³-hybridized carbons (Fsp3) is 0.409. The van der Waals surface area contributed by atoms with Gasteiger partial charge in [-0.05, 0) is 67.6 Å². The van der Waals surface area contributed by atoms with E-state index in [1.165, 1.54) is 30.7 Å². The summed E-state index contributed by atoms with van der Waals surface area (Å²) in [6.07, 6.45) is 4.76. The number of nitrogens with zero attached hydrogens (tertiary/aromatic N) is 2. The van der Waals surface area contributed by atoms with Crippen LogP contribution in [0.3, 0.4) is 0 Å². The summed E-state index contributed by atoms with van der Waals surface area (Å²) < 4.78 is 13.1. The molecule has 27 heavy (non-hydrogen) atoms. The van der Waals surface area contributed by atoms with Crippen molar-refractivity contribution in [1.82, 2.24) is 4.90 Å². The van der Waals surface area contributed by atoms with Crippen LogP contribution in [-0.2, 0) is 11.3 Å². The van der Waals surface area contributed by atoms with E-state index in [1.807, 2.05) is 12.1 Å². The van der Waals surface area contributed by atoms with Crippen molar-refractivity contribution in [3.63, 3.8) is 0 Å². The van der Waals surface area contributed by atoms with E-state index in [4.69, 9.17) is 0 Å². The Kier molecular flexibility index (Phi) is 5.39. The van der Waals surface area contributed by atoms with Gasteiger partial charge in [-0.3, -0.25) is 9.69 Å². The van der Waals surface area contributed by atoms with Crippen LogP contribution in [0.1, 0.15) is 31.2 Å². The standard InChI is InChI=1S/C22H26FN3O/c23-18-5-3-17(4-6-18)15-26(21-11-12-21)16-22(27)24-19-7-9-20(10-8-19)25-13-1-2-14-25/h3-10,21H,1-2,11-16H2,(H,24,27). The minimum atomic E-state index is -0.230. The lowest BCUT2D eigenvalue weighted by atomic mass is 10.2. The van der Waals surface area contributed by atoms with Crippen molar-refractivity contribution in [2.24, 2.45) is 0 Å². The molecule has 0 aromatic heterocycles. The third-order valence-electron chi connectivity index (χ3n) is 5.33. The normalized spacial score (nSPS) is 16.7. The molecule has 1 saturated carbocycles. The van der Waals surface area contributed by atoms with Gasteiger partial charge in [0.1, 0.15) is 5.82 Å². The van der Waals surface area contributed by atoms with E-state index in [0.29, 0.717) is 19.1 Å². The van der Waals surface area contributed by atoms with Gasteiger partial charge < -0.3 is 10.2 Å². The summed E-state index contributed by atoms with van der Waals surface area (Å²) in [6, 6.07) is 15.1. The Labute approximate surface area is 160 Å². The van der Waals surface area contributed by atoms with Crippen LogP contribution in [0.25, 0.3) is 0 Å². The highest BCUT2D eigenvalue weighted by Gasteiger charge is 2.30. The van der Waals surface area contributed by atoms with E-state index in [0.717, 1.165) is 37.2 Å². The van der Waals surface area contributed by atoms with Crippen molar-refractivity contribution >= 4 is 17.3 Å². The molecule has 4 rings (SSSR count).